The lowest BCUT2D eigenvalue weighted by atomic mass is 9.94. The molecule has 27 heavy (non-hydrogen) atoms. The topological polar surface area (TPSA) is 84.0 Å². The van der Waals surface area contributed by atoms with E-state index in [2.05, 4.69) is 0 Å². The summed E-state index contributed by atoms with van der Waals surface area (Å²) in [4.78, 5) is 28.6. The third kappa shape index (κ3) is 6.75. The Balaban J connectivity index is 1.80. The summed E-state index contributed by atoms with van der Waals surface area (Å²) in [5.41, 5.74) is 0. The smallest absolute Gasteiger partial charge is 0.237 e. The average molecular weight is 403 g/mol. The van der Waals surface area contributed by atoms with E-state index in [1.807, 2.05) is 25.7 Å². The predicted octanol–water partition coefficient (Wildman–Crippen LogP) is 1.47. The molecular weight excluding hydrogens is 368 g/mol. The molecule has 2 saturated heterocycles. The van der Waals surface area contributed by atoms with Gasteiger partial charge in [0.25, 0.3) is 0 Å². The summed E-state index contributed by atoms with van der Waals surface area (Å²) in [6.45, 7) is 8.08. The van der Waals surface area contributed by atoms with Gasteiger partial charge in [0.2, 0.25) is 11.8 Å². The van der Waals surface area contributed by atoms with Crippen LogP contribution in [0, 0.1) is 5.92 Å². The molecule has 2 atom stereocenters. The highest BCUT2D eigenvalue weighted by Gasteiger charge is 2.34. The Bertz CT molecular complexity index is 604. The zero-order chi connectivity index (χ0) is 20.0. The molecule has 2 rings (SSSR count). The Labute approximate surface area is 163 Å². The molecule has 0 aromatic rings. The number of rotatable bonds is 7. The van der Waals surface area contributed by atoms with Crippen LogP contribution in [0.25, 0.3) is 0 Å². The zero-order valence-corrected chi connectivity index (χ0v) is 17.7. The number of ether oxygens (including phenoxy) is 1. The van der Waals surface area contributed by atoms with Gasteiger partial charge in [0.15, 0.2) is 9.84 Å². The molecule has 0 saturated carbocycles. The van der Waals surface area contributed by atoms with Crippen LogP contribution in [0.4, 0.5) is 0 Å². The highest BCUT2D eigenvalue weighted by Crippen LogP contribution is 2.22. The second kappa shape index (κ2) is 9.87. The molecule has 8 heteroatoms. The van der Waals surface area contributed by atoms with Crippen molar-refractivity contribution in [2.45, 2.75) is 65.1 Å². The van der Waals surface area contributed by atoms with E-state index in [1.54, 1.807) is 4.90 Å². The second-order valence-electron chi connectivity index (χ2n) is 7.95. The Morgan fingerprint density at radius 3 is 2.15 bits per heavy atom. The van der Waals surface area contributed by atoms with Crippen molar-refractivity contribution in [3.05, 3.63) is 0 Å². The van der Waals surface area contributed by atoms with Gasteiger partial charge in [-0.05, 0) is 33.1 Å². The van der Waals surface area contributed by atoms with Crippen molar-refractivity contribution in [2.24, 2.45) is 5.92 Å². The number of morpholine rings is 1. The second-order valence-corrected chi connectivity index (χ2v) is 10.1. The minimum absolute atomic E-state index is 0.0391. The number of piperidine rings is 1. The minimum atomic E-state index is -3.34. The fourth-order valence-electron chi connectivity index (χ4n) is 3.92. The molecule has 2 heterocycles. The molecule has 7 nitrogen and oxygen atoms in total. The molecule has 2 aliphatic rings. The molecular formula is C19H34N2O5S. The first-order chi connectivity index (χ1) is 12.7. The zero-order valence-electron chi connectivity index (χ0n) is 16.9. The van der Waals surface area contributed by atoms with E-state index in [0.29, 0.717) is 45.4 Å². The summed E-state index contributed by atoms with van der Waals surface area (Å²) in [7, 11) is -3.34. The van der Waals surface area contributed by atoms with Crippen molar-refractivity contribution in [3.8, 4) is 0 Å². The molecule has 0 aromatic heterocycles. The maximum atomic E-state index is 12.8. The third-order valence-corrected chi connectivity index (χ3v) is 6.93. The van der Waals surface area contributed by atoms with Crippen molar-refractivity contribution in [3.63, 3.8) is 0 Å². The number of likely N-dealkylation sites (tertiary alicyclic amines) is 1. The Morgan fingerprint density at radius 1 is 1.00 bits per heavy atom. The number of hydrogen-bond donors (Lipinski definition) is 0. The molecule has 0 N–H and O–H groups in total. The van der Waals surface area contributed by atoms with Gasteiger partial charge in [-0.3, -0.25) is 9.59 Å². The lowest BCUT2D eigenvalue weighted by Gasteiger charge is -2.39. The monoisotopic (exact) mass is 402 g/mol. The van der Waals surface area contributed by atoms with Crippen LogP contribution in [0.2, 0.25) is 0 Å². The lowest BCUT2D eigenvalue weighted by Crippen LogP contribution is -2.52. The van der Waals surface area contributed by atoms with Gasteiger partial charge < -0.3 is 14.5 Å². The molecule has 0 aromatic carbocycles. The molecule has 2 unspecified atom stereocenters. The number of amides is 2. The maximum Gasteiger partial charge on any atom is 0.237 e. The van der Waals surface area contributed by atoms with E-state index >= 15 is 0 Å². The van der Waals surface area contributed by atoms with Gasteiger partial charge >= 0.3 is 0 Å². The fourth-order valence-corrected chi connectivity index (χ4v) is 5.26. The van der Waals surface area contributed by atoms with Crippen LogP contribution >= 0.6 is 0 Å². The SMILES string of the molecule is CCCCCS(=O)(=O)CC(=O)N1CCC(C(=O)N2CC(C)OC(C)C2)CC1. The standard InChI is InChI=1S/C19H34N2O5S/c1-4-5-6-11-27(24,25)14-18(22)20-9-7-17(8-10-20)19(23)21-12-15(2)26-16(3)13-21/h15-17H,4-14H2,1-3H3. The van der Waals surface area contributed by atoms with E-state index in [9.17, 15) is 18.0 Å². The highest BCUT2D eigenvalue weighted by atomic mass is 32.2. The molecule has 0 bridgehead atoms. The van der Waals surface area contributed by atoms with Gasteiger partial charge in [0, 0.05) is 32.1 Å². The first kappa shape index (κ1) is 22.1. The van der Waals surface area contributed by atoms with Gasteiger partial charge in [-0.25, -0.2) is 8.42 Å². The van der Waals surface area contributed by atoms with Crippen molar-refractivity contribution in [1.29, 1.82) is 0 Å². The van der Waals surface area contributed by atoms with Crippen LogP contribution < -0.4 is 0 Å². The van der Waals surface area contributed by atoms with Crippen LogP contribution in [-0.2, 0) is 24.2 Å². The van der Waals surface area contributed by atoms with Crippen LogP contribution in [0.15, 0.2) is 0 Å². The summed E-state index contributed by atoms with van der Waals surface area (Å²) in [6.07, 6.45) is 3.70. The summed E-state index contributed by atoms with van der Waals surface area (Å²) in [6, 6.07) is 0. The summed E-state index contributed by atoms with van der Waals surface area (Å²) in [5, 5.41) is 0. The van der Waals surface area contributed by atoms with Crippen molar-refractivity contribution in [1.82, 2.24) is 9.80 Å². The first-order valence-corrected chi connectivity index (χ1v) is 12.0. The minimum Gasteiger partial charge on any atom is -0.372 e. The molecule has 0 aliphatic carbocycles. The maximum absolute atomic E-state index is 12.8. The molecule has 0 spiro atoms. The van der Waals surface area contributed by atoms with E-state index < -0.39 is 15.6 Å². The van der Waals surface area contributed by atoms with Crippen molar-refractivity contribution >= 4 is 21.7 Å². The number of unbranched alkanes of at least 4 members (excludes halogenated alkanes) is 2. The Kier molecular flexibility index (Phi) is 8.09. The van der Waals surface area contributed by atoms with Crippen LogP contribution in [0.5, 0.6) is 0 Å². The van der Waals surface area contributed by atoms with Crippen LogP contribution in [-0.4, -0.2) is 79.9 Å². The normalized spacial score (nSPS) is 24.9. The molecule has 2 amide bonds. The summed E-state index contributed by atoms with van der Waals surface area (Å²) in [5.74, 6) is -0.613. The van der Waals surface area contributed by atoms with Crippen LogP contribution in [0.1, 0.15) is 52.9 Å². The number of hydrogen-bond acceptors (Lipinski definition) is 5. The first-order valence-electron chi connectivity index (χ1n) is 10.1. The van der Waals surface area contributed by atoms with Gasteiger partial charge in [-0.1, -0.05) is 19.8 Å². The molecule has 2 fully saturated rings. The summed E-state index contributed by atoms with van der Waals surface area (Å²) < 4.78 is 29.8. The molecule has 2 aliphatic heterocycles. The van der Waals surface area contributed by atoms with Gasteiger partial charge in [0.1, 0.15) is 5.75 Å². The number of carbonyl (C=O) groups is 2. The van der Waals surface area contributed by atoms with E-state index in [0.717, 1.165) is 12.8 Å². The Morgan fingerprint density at radius 2 is 1.59 bits per heavy atom. The fraction of sp³-hybridized carbons (Fsp3) is 0.895. The van der Waals surface area contributed by atoms with Crippen molar-refractivity contribution < 1.29 is 22.7 Å². The summed E-state index contributed by atoms with van der Waals surface area (Å²) >= 11 is 0. The van der Waals surface area contributed by atoms with Gasteiger partial charge in [-0.2, -0.15) is 0 Å². The Hall–Kier alpha value is -1.15. The van der Waals surface area contributed by atoms with E-state index in [1.165, 1.54) is 0 Å². The number of nitrogens with zero attached hydrogens (tertiary/aromatic N) is 2. The quantitative estimate of drug-likeness (QED) is 0.602. The predicted molar refractivity (Wildman–Crippen MR) is 104 cm³/mol. The number of sulfone groups is 1. The van der Waals surface area contributed by atoms with Gasteiger partial charge in [0.05, 0.1) is 18.0 Å². The highest BCUT2D eigenvalue weighted by molar-refractivity contribution is 7.92. The van der Waals surface area contributed by atoms with E-state index in [4.69, 9.17) is 4.74 Å². The van der Waals surface area contributed by atoms with Crippen molar-refractivity contribution in [2.75, 3.05) is 37.7 Å². The molecule has 0 radical (unpaired) electrons. The van der Waals surface area contributed by atoms with E-state index in [-0.39, 0.29) is 35.7 Å². The average Bonchev–Trinajstić information content (AvgIpc) is 2.60. The van der Waals surface area contributed by atoms with Gasteiger partial charge in [-0.15, -0.1) is 0 Å². The number of carbonyl (C=O) groups excluding carboxylic acids is 2. The third-order valence-electron chi connectivity index (χ3n) is 5.33. The molecule has 156 valence electrons. The lowest BCUT2D eigenvalue weighted by molar-refractivity contribution is -0.150. The van der Waals surface area contributed by atoms with Crippen LogP contribution in [0.3, 0.4) is 0 Å². The largest absolute Gasteiger partial charge is 0.372 e.